The molecule has 0 bridgehead atoms. The van der Waals surface area contributed by atoms with Crippen LogP contribution in [0.25, 0.3) is 0 Å². The second kappa shape index (κ2) is 2.58. The number of rotatable bonds is 3. The molecule has 1 atom stereocenters. The van der Waals surface area contributed by atoms with E-state index < -0.39 is 0 Å². The summed E-state index contributed by atoms with van der Waals surface area (Å²) in [5.74, 6) is -0.164. The van der Waals surface area contributed by atoms with Crippen LogP contribution in [0.2, 0.25) is 0 Å². The zero-order valence-electron chi connectivity index (χ0n) is 6.35. The largest absolute Gasteiger partial charge is 0.466 e. The van der Waals surface area contributed by atoms with Crippen molar-refractivity contribution in [2.45, 2.75) is 25.9 Å². The van der Waals surface area contributed by atoms with Crippen molar-refractivity contribution >= 4 is 5.97 Å². The summed E-state index contributed by atoms with van der Waals surface area (Å²) in [4.78, 5) is 10.8. The van der Waals surface area contributed by atoms with Gasteiger partial charge in [0.15, 0.2) is 0 Å². The van der Waals surface area contributed by atoms with E-state index in [9.17, 15) is 4.79 Å². The van der Waals surface area contributed by atoms with Crippen LogP contribution in [0.4, 0.5) is 0 Å². The zero-order valence-corrected chi connectivity index (χ0v) is 6.35. The Kier molecular flexibility index (Phi) is 1.94. The highest BCUT2D eigenvalue weighted by Crippen LogP contribution is 2.29. The number of hydrogen-bond donors (Lipinski definition) is 0. The average molecular weight is 144 g/mol. The van der Waals surface area contributed by atoms with Crippen LogP contribution in [0.1, 0.15) is 20.3 Å². The quantitative estimate of drug-likeness (QED) is 0.433. The molecule has 1 fully saturated rings. The fourth-order valence-electron chi connectivity index (χ4n) is 0.743. The van der Waals surface area contributed by atoms with Gasteiger partial charge >= 0.3 is 5.97 Å². The van der Waals surface area contributed by atoms with E-state index in [1.54, 1.807) is 6.92 Å². The molecular formula is C7H12O3. The lowest BCUT2D eigenvalue weighted by Crippen LogP contribution is -2.15. The molecule has 0 aromatic carbocycles. The maximum atomic E-state index is 10.8. The van der Waals surface area contributed by atoms with Crippen LogP contribution >= 0.6 is 0 Å². The molecule has 0 N–H and O–H groups in total. The zero-order chi connectivity index (χ0) is 7.61. The molecule has 0 aromatic rings. The highest BCUT2D eigenvalue weighted by atomic mass is 16.6. The summed E-state index contributed by atoms with van der Waals surface area (Å²) in [6.07, 6.45) is 0.390. The Morgan fingerprint density at radius 1 is 1.80 bits per heavy atom. The number of carbonyl (C=O) groups excluding carboxylic acids is 1. The lowest BCUT2D eigenvalue weighted by Gasteiger charge is -2.02. The van der Waals surface area contributed by atoms with Gasteiger partial charge in [-0.05, 0) is 13.8 Å². The van der Waals surface area contributed by atoms with Gasteiger partial charge in [-0.3, -0.25) is 4.79 Å². The molecule has 3 heteroatoms. The van der Waals surface area contributed by atoms with Gasteiger partial charge in [0.1, 0.15) is 0 Å². The van der Waals surface area contributed by atoms with Gasteiger partial charge in [0.25, 0.3) is 0 Å². The van der Waals surface area contributed by atoms with Crippen LogP contribution < -0.4 is 0 Å². The van der Waals surface area contributed by atoms with Crippen molar-refractivity contribution in [2.75, 3.05) is 13.2 Å². The lowest BCUT2D eigenvalue weighted by atomic mass is 10.1. The predicted molar refractivity (Wildman–Crippen MR) is 35.6 cm³/mol. The van der Waals surface area contributed by atoms with Gasteiger partial charge in [0, 0.05) is 0 Å². The van der Waals surface area contributed by atoms with Crippen LogP contribution in [-0.2, 0) is 14.3 Å². The fourth-order valence-corrected chi connectivity index (χ4v) is 0.743. The summed E-state index contributed by atoms with van der Waals surface area (Å²) >= 11 is 0. The third-order valence-electron chi connectivity index (χ3n) is 1.46. The molecule has 1 rings (SSSR count). The topological polar surface area (TPSA) is 38.8 Å². The normalized spacial score (nSPS) is 29.8. The van der Waals surface area contributed by atoms with Gasteiger partial charge in [0.2, 0.25) is 0 Å². The number of esters is 1. The van der Waals surface area contributed by atoms with E-state index in [2.05, 4.69) is 0 Å². The highest BCUT2D eigenvalue weighted by molar-refractivity contribution is 5.71. The van der Waals surface area contributed by atoms with Crippen molar-refractivity contribution in [3.8, 4) is 0 Å². The first kappa shape index (κ1) is 7.54. The van der Waals surface area contributed by atoms with Crippen molar-refractivity contribution < 1.29 is 14.3 Å². The van der Waals surface area contributed by atoms with Gasteiger partial charge in [-0.25, -0.2) is 0 Å². The second-order valence-corrected chi connectivity index (χ2v) is 2.72. The molecule has 0 spiro atoms. The van der Waals surface area contributed by atoms with Gasteiger partial charge in [-0.2, -0.15) is 0 Å². The van der Waals surface area contributed by atoms with Gasteiger partial charge < -0.3 is 9.47 Å². The molecule has 0 saturated carbocycles. The summed E-state index contributed by atoms with van der Waals surface area (Å²) in [6, 6.07) is 0. The minimum absolute atomic E-state index is 0.164. The molecule has 1 aliphatic heterocycles. The number of hydrogen-bond acceptors (Lipinski definition) is 3. The Labute approximate surface area is 60.3 Å². The molecule has 0 aromatic heterocycles. The van der Waals surface area contributed by atoms with E-state index in [-0.39, 0.29) is 11.6 Å². The third kappa shape index (κ3) is 1.99. The van der Waals surface area contributed by atoms with Crippen LogP contribution in [0.5, 0.6) is 0 Å². The van der Waals surface area contributed by atoms with Crippen molar-refractivity contribution in [2.24, 2.45) is 0 Å². The van der Waals surface area contributed by atoms with Crippen molar-refractivity contribution in [1.82, 2.24) is 0 Å². The molecule has 0 aliphatic carbocycles. The van der Waals surface area contributed by atoms with Gasteiger partial charge in [-0.1, -0.05) is 0 Å². The molecule has 58 valence electrons. The van der Waals surface area contributed by atoms with E-state index in [0.29, 0.717) is 19.6 Å². The van der Waals surface area contributed by atoms with Crippen LogP contribution in [0, 0.1) is 0 Å². The molecule has 3 nitrogen and oxygen atoms in total. The fraction of sp³-hybridized carbons (Fsp3) is 0.857. The van der Waals surface area contributed by atoms with E-state index in [4.69, 9.17) is 9.47 Å². The molecule has 0 amide bonds. The van der Waals surface area contributed by atoms with Crippen LogP contribution in [-0.4, -0.2) is 24.8 Å². The maximum absolute atomic E-state index is 10.8. The molecular weight excluding hydrogens is 132 g/mol. The molecule has 1 aliphatic rings. The summed E-state index contributed by atoms with van der Waals surface area (Å²) in [5, 5.41) is 0. The van der Waals surface area contributed by atoms with E-state index in [1.807, 2.05) is 6.92 Å². The Hall–Kier alpha value is -0.570. The summed E-state index contributed by atoms with van der Waals surface area (Å²) < 4.78 is 9.75. The number of epoxide rings is 1. The minimum Gasteiger partial charge on any atom is -0.466 e. The highest BCUT2D eigenvalue weighted by Gasteiger charge is 2.41. The summed E-state index contributed by atoms with van der Waals surface area (Å²) in [6.45, 7) is 4.85. The Bertz CT molecular complexity index is 138. The Morgan fingerprint density at radius 3 is 2.80 bits per heavy atom. The van der Waals surface area contributed by atoms with E-state index in [1.165, 1.54) is 0 Å². The van der Waals surface area contributed by atoms with Crippen molar-refractivity contribution in [3.05, 3.63) is 0 Å². The van der Waals surface area contributed by atoms with Crippen LogP contribution in [0.15, 0.2) is 0 Å². The lowest BCUT2D eigenvalue weighted by molar-refractivity contribution is -0.144. The monoisotopic (exact) mass is 144 g/mol. The predicted octanol–water partition coefficient (Wildman–Crippen LogP) is 0.729. The third-order valence-corrected chi connectivity index (χ3v) is 1.46. The smallest absolute Gasteiger partial charge is 0.308 e. The first-order chi connectivity index (χ1) is 4.66. The van der Waals surface area contributed by atoms with Crippen molar-refractivity contribution in [1.29, 1.82) is 0 Å². The molecule has 1 saturated heterocycles. The van der Waals surface area contributed by atoms with E-state index >= 15 is 0 Å². The second-order valence-electron chi connectivity index (χ2n) is 2.72. The molecule has 0 radical (unpaired) electrons. The number of carbonyl (C=O) groups is 1. The summed E-state index contributed by atoms with van der Waals surface area (Å²) in [7, 11) is 0. The summed E-state index contributed by atoms with van der Waals surface area (Å²) in [5.41, 5.74) is -0.202. The maximum Gasteiger partial charge on any atom is 0.308 e. The first-order valence-electron chi connectivity index (χ1n) is 3.46. The average Bonchev–Trinajstić information content (AvgIpc) is 2.48. The Morgan fingerprint density at radius 2 is 2.40 bits per heavy atom. The standard InChI is InChI=1S/C7H12O3/c1-3-9-6(8)4-7(2)5-10-7/h3-5H2,1-2H3/t7-/m1/s1. The van der Waals surface area contributed by atoms with Crippen molar-refractivity contribution in [3.63, 3.8) is 0 Å². The number of ether oxygens (including phenoxy) is 2. The van der Waals surface area contributed by atoms with E-state index in [0.717, 1.165) is 0 Å². The SMILES string of the molecule is CCOC(=O)C[C@]1(C)CO1. The van der Waals surface area contributed by atoms with Crippen LogP contribution in [0.3, 0.4) is 0 Å². The van der Waals surface area contributed by atoms with Gasteiger partial charge in [0.05, 0.1) is 25.2 Å². The molecule has 10 heavy (non-hydrogen) atoms. The first-order valence-corrected chi connectivity index (χ1v) is 3.46. The Balaban J connectivity index is 2.18. The molecule has 1 heterocycles. The molecule has 0 unspecified atom stereocenters. The van der Waals surface area contributed by atoms with Gasteiger partial charge in [-0.15, -0.1) is 0 Å². The minimum atomic E-state index is -0.202.